The molecule has 4 aliphatic rings. The monoisotopic (exact) mass is 645 g/mol. The number of fused-ring (bicyclic) bond motifs is 3. The molecule has 13 nitrogen and oxygen atoms in total. The number of hydrogen-bond donors (Lipinski definition) is 3. The van der Waals surface area contributed by atoms with Gasteiger partial charge in [0.25, 0.3) is 0 Å². The normalized spacial score (nSPS) is 19.2. The Morgan fingerprint density at radius 1 is 0.891 bits per heavy atom. The van der Waals surface area contributed by atoms with Gasteiger partial charge < -0.3 is 34.9 Å². The molecule has 0 radical (unpaired) electrons. The summed E-state index contributed by atoms with van der Waals surface area (Å²) in [5.41, 5.74) is 4.71. The minimum atomic E-state index is -3.43. The van der Waals surface area contributed by atoms with Crippen LogP contribution in [0.5, 0.6) is 11.5 Å². The van der Waals surface area contributed by atoms with Crippen LogP contribution in [0.4, 0.5) is 34.5 Å². The fourth-order valence-electron chi connectivity index (χ4n) is 7.18. The van der Waals surface area contributed by atoms with Crippen molar-refractivity contribution < 1.29 is 17.9 Å². The lowest BCUT2D eigenvalue weighted by molar-refractivity contribution is 0.0981. The van der Waals surface area contributed by atoms with Crippen LogP contribution in [-0.2, 0) is 16.4 Å². The average Bonchev–Trinajstić information content (AvgIpc) is 3.82. The van der Waals surface area contributed by atoms with Crippen LogP contribution in [0.25, 0.3) is 11.0 Å². The van der Waals surface area contributed by atoms with Crippen molar-refractivity contribution in [3.63, 3.8) is 0 Å². The number of aromatic amines is 1. The molecule has 2 aromatic carbocycles. The molecule has 0 amide bonds. The SMILES string of the molecule is CN1CCN(C2CCN(c3ccc(Nc4nc(Nc5cccc6c5N(S(C)(=O)=O)CC6)c5cc[nH]c5n4)c4c3OCO4)CC2)CC1. The molecule has 46 heavy (non-hydrogen) atoms. The van der Waals surface area contributed by atoms with Crippen LogP contribution in [0.15, 0.2) is 42.6 Å². The summed E-state index contributed by atoms with van der Waals surface area (Å²) in [6.45, 7) is 7.09. The van der Waals surface area contributed by atoms with E-state index in [1.54, 1.807) is 0 Å². The summed E-state index contributed by atoms with van der Waals surface area (Å²) in [6.07, 6.45) is 5.97. The smallest absolute Gasteiger partial charge is 0.232 e. The molecule has 0 spiro atoms. The maximum atomic E-state index is 12.6. The molecule has 14 heteroatoms. The van der Waals surface area contributed by atoms with Crippen molar-refractivity contribution in [3.8, 4) is 11.5 Å². The van der Waals surface area contributed by atoms with E-state index in [0.717, 1.165) is 74.5 Å². The topological polar surface area (TPSA) is 131 Å². The van der Waals surface area contributed by atoms with Crippen LogP contribution in [-0.4, -0.2) is 105 Å². The zero-order valence-corrected chi connectivity index (χ0v) is 26.9. The second kappa shape index (κ2) is 11.5. The van der Waals surface area contributed by atoms with Gasteiger partial charge in [-0.3, -0.25) is 9.21 Å². The van der Waals surface area contributed by atoms with E-state index in [1.165, 1.54) is 10.6 Å². The van der Waals surface area contributed by atoms with Crippen molar-refractivity contribution in [1.29, 1.82) is 0 Å². The highest BCUT2D eigenvalue weighted by Crippen LogP contribution is 2.48. The highest BCUT2D eigenvalue weighted by Gasteiger charge is 2.32. The number of para-hydroxylation sites is 1. The minimum absolute atomic E-state index is 0.151. The van der Waals surface area contributed by atoms with Crippen LogP contribution in [0.1, 0.15) is 18.4 Å². The van der Waals surface area contributed by atoms with E-state index in [0.29, 0.717) is 59.2 Å². The Kier molecular flexibility index (Phi) is 7.30. The molecule has 6 heterocycles. The Balaban J connectivity index is 1.04. The molecule has 0 saturated carbocycles. The molecule has 0 atom stereocenters. The number of aromatic nitrogens is 3. The van der Waals surface area contributed by atoms with Crippen LogP contribution in [0.3, 0.4) is 0 Å². The number of nitrogens with one attached hydrogen (secondary N) is 3. The molecule has 2 saturated heterocycles. The van der Waals surface area contributed by atoms with Gasteiger partial charge in [0.1, 0.15) is 11.5 Å². The van der Waals surface area contributed by atoms with E-state index in [4.69, 9.17) is 19.4 Å². The number of ether oxygens (including phenoxy) is 2. The molecule has 4 aromatic rings. The summed E-state index contributed by atoms with van der Waals surface area (Å²) in [6, 6.07) is 12.4. The number of anilines is 6. The summed E-state index contributed by atoms with van der Waals surface area (Å²) >= 11 is 0. The van der Waals surface area contributed by atoms with Crippen LogP contribution < -0.4 is 29.3 Å². The van der Waals surface area contributed by atoms with E-state index >= 15 is 0 Å². The molecule has 2 aromatic heterocycles. The number of H-pyrrole nitrogens is 1. The molecule has 8 rings (SSSR count). The quantitative estimate of drug-likeness (QED) is 0.272. The largest absolute Gasteiger partial charge is 0.451 e. The number of rotatable bonds is 7. The fourth-order valence-corrected chi connectivity index (χ4v) is 8.15. The first-order chi connectivity index (χ1) is 22.3. The number of likely N-dealkylation sites (N-methyl/N-ethyl adjacent to an activating group) is 1. The first-order valence-corrected chi connectivity index (χ1v) is 17.8. The molecule has 4 aliphatic heterocycles. The predicted octanol–water partition coefficient (Wildman–Crippen LogP) is 3.71. The van der Waals surface area contributed by atoms with Crippen molar-refractivity contribution >= 4 is 55.6 Å². The lowest BCUT2D eigenvalue weighted by Crippen LogP contribution is -2.52. The molecule has 0 unspecified atom stereocenters. The number of benzene rings is 2. The molecular weight excluding hydrogens is 606 g/mol. The lowest BCUT2D eigenvalue weighted by Gasteiger charge is -2.42. The van der Waals surface area contributed by atoms with Crippen molar-refractivity contribution in [2.75, 3.05) is 85.7 Å². The first kappa shape index (κ1) is 29.2. The van der Waals surface area contributed by atoms with E-state index in [1.807, 2.05) is 36.5 Å². The van der Waals surface area contributed by atoms with Crippen molar-refractivity contribution in [1.82, 2.24) is 24.8 Å². The van der Waals surface area contributed by atoms with Crippen molar-refractivity contribution in [3.05, 3.63) is 48.2 Å². The number of piperazine rings is 1. The molecular formula is C32H39N9O4S. The van der Waals surface area contributed by atoms with E-state index in [-0.39, 0.29) is 6.79 Å². The number of sulfonamides is 1. The molecule has 0 aliphatic carbocycles. The molecule has 242 valence electrons. The summed E-state index contributed by atoms with van der Waals surface area (Å²) < 4.78 is 38.6. The van der Waals surface area contributed by atoms with Gasteiger partial charge >= 0.3 is 0 Å². The summed E-state index contributed by atoms with van der Waals surface area (Å²) in [7, 11) is -1.23. The summed E-state index contributed by atoms with van der Waals surface area (Å²) in [5, 5.41) is 7.55. The van der Waals surface area contributed by atoms with Gasteiger partial charge in [0.05, 0.1) is 34.4 Å². The van der Waals surface area contributed by atoms with Crippen molar-refractivity contribution in [2.45, 2.75) is 25.3 Å². The number of hydrogen-bond acceptors (Lipinski definition) is 11. The lowest BCUT2D eigenvalue weighted by atomic mass is 10.0. The zero-order valence-electron chi connectivity index (χ0n) is 26.1. The summed E-state index contributed by atoms with van der Waals surface area (Å²) in [4.78, 5) is 20.2. The Labute approximate surface area is 268 Å². The molecule has 3 N–H and O–H groups in total. The standard InChI is InChI=1S/C32H39N9O4S/c1-38-16-18-39(19-17-38)22-10-13-40(14-11-22)26-7-6-25(28-29(26)45-20-44-28)35-32-36-30-23(8-12-33-30)31(37-32)34-24-5-3-4-21-9-15-41(27(21)24)46(2,42)43/h3-8,12,22H,9-11,13-20H2,1-2H3,(H3,33,34,35,36,37). The Bertz CT molecular complexity index is 1880. The highest BCUT2D eigenvalue weighted by molar-refractivity contribution is 7.92. The third-order valence-electron chi connectivity index (χ3n) is 9.63. The van der Waals surface area contributed by atoms with Gasteiger partial charge in [0.15, 0.2) is 11.5 Å². The maximum absolute atomic E-state index is 12.6. The Hall–Kier alpha value is -4.27. The fraction of sp³-hybridized carbons (Fsp3) is 0.438. The van der Waals surface area contributed by atoms with Gasteiger partial charge in [-0.2, -0.15) is 9.97 Å². The predicted molar refractivity (Wildman–Crippen MR) is 180 cm³/mol. The van der Waals surface area contributed by atoms with Gasteiger partial charge in [0, 0.05) is 58.1 Å². The Morgan fingerprint density at radius 3 is 2.50 bits per heavy atom. The average molecular weight is 646 g/mol. The van der Waals surface area contributed by atoms with Gasteiger partial charge in [-0.1, -0.05) is 12.1 Å². The van der Waals surface area contributed by atoms with E-state index in [2.05, 4.69) is 43.4 Å². The number of piperidine rings is 1. The van der Waals surface area contributed by atoms with Gasteiger partial charge in [-0.05, 0) is 56.1 Å². The maximum Gasteiger partial charge on any atom is 0.232 e. The first-order valence-electron chi connectivity index (χ1n) is 15.9. The third kappa shape index (κ3) is 5.33. The van der Waals surface area contributed by atoms with Crippen LogP contribution in [0.2, 0.25) is 0 Å². The van der Waals surface area contributed by atoms with Crippen LogP contribution in [0, 0.1) is 0 Å². The van der Waals surface area contributed by atoms with E-state index in [9.17, 15) is 8.42 Å². The van der Waals surface area contributed by atoms with E-state index < -0.39 is 10.0 Å². The zero-order chi connectivity index (χ0) is 31.4. The van der Waals surface area contributed by atoms with Gasteiger partial charge in [0.2, 0.25) is 22.8 Å². The minimum Gasteiger partial charge on any atom is -0.451 e. The molecule has 2 fully saturated rings. The van der Waals surface area contributed by atoms with Crippen LogP contribution >= 0.6 is 0 Å². The Morgan fingerprint density at radius 2 is 1.70 bits per heavy atom. The second-order valence-electron chi connectivity index (χ2n) is 12.5. The third-order valence-corrected chi connectivity index (χ3v) is 10.8. The summed E-state index contributed by atoms with van der Waals surface area (Å²) in [5.74, 6) is 2.30. The second-order valence-corrected chi connectivity index (χ2v) is 14.4. The van der Waals surface area contributed by atoms with Gasteiger partial charge in [-0.15, -0.1) is 0 Å². The highest BCUT2D eigenvalue weighted by atomic mass is 32.2. The van der Waals surface area contributed by atoms with Gasteiger partial charge in [-0.25, -0.2) is 8.42 Å². The number of nitrogens with zero attached hydrogens (tertiary/aromatic N) is 6. The van der Waals surface area contributed by atoms with Crippen molar-refractivity contribution in [2.24, 2.45) is 0 Å². The molecule has 0 bridgehead atoms.